The fraction of sp³-hybridized carbons (Fsp3) is 0.875. The minimum Gasteiger partial charge on any atom is -0.303 e. The Hall–Kier alpha value is -0.150. The van der Waals surface area contributed by atoms with E-state index in [1.807, 2.05) is 6.92 Å². The second kappa shape index (κ2) is 11.5. The molecule has 0 fully saturated rings. The van der Waals surface area contributed by atoms with E-state index in [4.69, 9.17) is 34.2 Å². The lowest BCUT2D eigenvalue weighted by molar-refractivity contribution is -0.121. The van der Waals surface area contributed by atoms with E-state index in [1.165, 1.54) is 0 Å². The topological polar surface area (TPSA) is 166 Å². The number of unbranched alkanes of at least 4 members (excludes halogenated alkanes) is 1. The van der Waals surface area contributed by atoms with Crippen molar-refractivity contribution in [2.75, 3.05) is 13.2 Å². The van der Waals surface area contributed by atoms with Crippen LogP contribution in [0.25, 0.3) is 0 Å². The molecular formula is C8H21NO9P2. The molecule has 1 atom stereocenters. The molecule has 0 aliphatic carbocycles. The average molecular weight is 337 g/mol. The number of ketones is 1. The number of hydrogen-bond acceptors (Lipinski definition) is 7. The molecule has 0 spiro atoms. The van der Waals surface area contributed by atoms with Crippen LogP contribution in [0, 0.1) is 0 Å². The Morgan fingerprint density at radius 2 is 1.65 bits per heavy atom. The third kappa shape index (κ3) is 17.8. The Kier molecular flexibility index (Phi) is 12.7. The van der Waals surface area contributed by atoms with Crippen molar-refractivity contribution in [3.63, 3.8) is 0 Å². The first kappa shape index (κ1) is 22.1. The van der Waals surface area contributed by atoms with Gasteiger partial charge in [0.15, 0.2) is 5.78 Å². The second-order valence-corrected chi connectivity index (χ2v) is 6.07. The normalized spacial score (nSPS) is 14.1. The summed E-state index contributed by atoms with van der Waals surface area (Å²) in [5, 5.41) is 0. The highest BCUT2D eigenvalue weighted by Crippen LogP contribution is 2.47. The summed E-state index contributed by atoms with van der Waals surface area (Å²) < 4.78 is 34.1. The lowest BCUT2D eigenvalue weighted by atomic mass is 10.3. The summed E-state index contributed by atoms with van der Waals surface area (Å²) in [4.78, 5) is 32.5. The molecule has 5 N–H and O–H groups in total. The fourth-order valence-electron chi connectivity index (χ4n) is 0.672. The van der Waals surface area contributed by atoms with Crippen LogP contribution in [0.3, 0.4) is 0 Å². The molecule has 0 radical (unpaired) electrons. The van der Waals surface area contributed by atoms with Gasteiger partial charge in [0.05, 0.1) is 6.61 Å². The van der Waals surface area contributed by atoms with Crippen LogP contribution in [0.15, 0.2) is 0 Å². The van der Waals surface area contributed by atoms with Gasteiger partial charge in [-0.15, -0.1) is 0 Å². The Bertz CT molecular complexity index is 348. The van der Waals surface area contributed by atoms with Crippen LogP contribution in [0.5, 0.6) is 0 Å². The van der Waals surface area contributed by atoms with Crippen molar-refractivity contribution >= 4 is 21.4 Å². The summed E-state index contributed by atoms with van der Waals surface area (Å²) in [5.74, 6) is 4.60. The summed E-state index contributed by atoms with van der Waals surface area (Å²) in [6.45, 7) is 3.55. The van der Waals surface area contributed by atoms with Gasteiger partial charge in [-0.3, -0.25) is 13.8 Å². The Labute approximate surface area is 117 Å². The van der Waals surface area contributed by atoms with Crippen LogP contribution < -0.4 is 5.90 Å². The van der Waals surface area contributed by atoms with Crippen LogP contribution in [0.4, 0.5) is 0 Å². The lowest BCUT2D eigenvalue weighted by Crippen LogP contribution is -2.11. The van der Waals surface area contributed by atoms with Gasteiger partial charge in [-0.25, -0.2) is 19.7 Å². The predicted molar refractivity (Wildman–Crippen MR) is 69.3 cm³/mol. The monoisotopic (exact) mass is 337 g/mol. The number of phosphoric ester groups is 1. The number of phosphoric acid groups is 2. The summed E-state index contributed by atoms with van der Waals surface area (Å²) in [6, 6.07) is 0. The summed E-state index contributed by atoms with van der Waals surface area (Å²) in [5.41, 5.74) is 0. The maximum absolute atomic E-state index is 11.5. The van der Waals surface area contributed by atoms with Crippen LogP contribution in [-0.4, -0.2) is 33.7 Å². The average Bonchev–Trinajstić information content (AvgIpc) is 2.34. The van der Waals surface area contributed by atoms with Crippen LogP contribution in [0.2, 0.25) is 0 Å². The van der Waals surface area contributed by atoms with Crippen molar-refractivity contribution in [1.82, 2.24) is 0 Å². The molecule has 20 heavy (non-hydrogen) atoms. The van der Waals surface area contributed by atoms with E-state index in [0.29, 0.717) is 6.42 Å². The molecule has 0 heterocycles. The molecule has 0 bridgehead atoms. The maximum atomic E-state index is 11.5. The molecule has 0 aliphatic heterocycles. The van der Waals surface area contributed by atoms with Crippen molar-refractivity contribution in [3.8, 4) is 0 Å². The molecule has 122 valence electrons. The molecule has 0 aliphatic rings. The number of carbonyl (C=O) groups excluding carboxylic acids is 1. The molecule has 1 unspecified atom stereocenters. The van der Waals surface area contributed by atoms with Gasteiger partial charge in [0.1, 0.15) is 6.61 Å². The highest BCUT2D eigenvalue weighted by Gasteiger charge is 2.26. The van der Waals surface area contributed by atoms with E-state index in [1.54, 1.807) is 6.92 Å². The zero-order valence-electron chi connectivity index (χ0n) is 11.3. The molecular weight excluding hydrogens is 316 g/mol. The van der Waals surface area contributed by atoms with E-state index in [0.717, 1.165) is 12.8 Å². The van der Waals surface area contributed by atoms with E-state index < -0.39 is 15.6 Å². The molecule has 0 aromatic carbocycles. The van der Waals surface area contributed by atoms with Gasteiger partial charge in [-0.2, -0.15) is 0 Å². The van der Waals surface area contributed by atoms with Crippen LogP contribution >= 0.6 is 15.6 Å². The fourth-order valence-corrected chi connectivity index (χ4v) is 1.52. The van der Waals surface area contributed by atoms with Crippen molar-refractivity contribution < 1.29 is 42.3 Å². The van der Waals surface area contributed by atoms with Gasteiger partial charge >= 0.3 is 15.6 Å². The van der Waals surface area contributed by atoms with Gasteiger partial charge in [-0.05, 0) is 6.42 Å². The van der Waals surface area contributed by atoms with Crippen LogP contribution in [-0.2, 0) is 27.6 Å². The van der Waals surface area contributed by atoms with Gasteiger partial charge in [0.2, 0.25) is 0 Å². The standard InChI is InChI=1S/C8H18NO5P.H3O4P/c1-3-5-6-12-15(11,14-9)13-7-8(10)4-2;1-5(2,3)4/h3-7,9H2,1-2H3;(H3,1,2,3,4). The third-order valence-corrected chi connectivity index (χ3v) is 2.86. The zero-order chi connectivity index (χ0) is 16.2. The molecule has 12 heteroatoms. The van der Waals surface area contributed by atoms with Gasteiger partial charge in [0, 0.05) is 6.42 Å². The SMILES string of the molecule is CCCCOP(=O)(ON)OCC(=O)CC.O=P(O)(O)O. The molecule has 10 nitrogen and oxygen atoms in total. The first-order chi connectivity index (χ1) is 9.08. The van der Waals surface area contributed by atoms with Gasteiger partial charge in [-0.1, -0.05) is 20.3 Å². The molecule has 0 saturated heterocycles. The second-order valence-electron chi connectivity index (χ2n) is 3.42. The van der Waals surface area contributed by atoms with Gasteiger partial charge < -0.3 is 14.7 Å². The largest absolute Gasteiger partial charge is 0.491 e. The first-order valence-electron chi connectivity index (χ1n) is 5.65. The summed E-state index contributed by atoms with van der Waals surface area (Å²) in [7, 11) is -8.38. The quantitative estimate of drug-likeness (QED) is 0.269. The van der Waals surface area contributed by atoms with Gasteiger partial charge in [0.25, 0.3) is 0 Å². The molecule has 0 amide bonds. The Morgan fingerprint density at radius 1 is 1.15 bits per heavy atom. The van der Waals surface area contributed by atoms with E-state index in [2.05, 4.69) is 4.62 Å². The van der Waals surface area contributed by atoms with Crippen molar-refractivity contribution in [2.45, 2.75) is 33.1 Å². The molecule has 0 aromatic rings. The molecule has 0 rings (SSSR count). The van der Waals surface area contributed by atoms with E-state index in [-0.39, 0.29) is 19.0 Å². The predicted octanol–water partition coefficient (Wildman–Crippen LogP) is 0.869. The Balaban J connectivity index is 0. The van der Waals surface area contributed by atoms with Crippen molar-refractivity contribution in [2.24, 2.45) is 5.90 Å². The summed E-state index contributed by atoms with van der Waals surface area (Å²) in [6.07, 6.45) is 1.91. The maximum Gasteiger partial charge on any atom is 0.491 e. The van der Waals surface area contributed by atoms with Crippen molar-refractivity contribution in [1.29, 1.82) is 0 Å². The van der Waals surface area contributed by atoms with Crippen LogP contribution in [0.1, 0.15) is 33.1 Å². The Morgan fingerprint density at radius 3 is 2.00 bits per heavy atom. The zero-order valence-corrected chi connectivity index (χ0v) is 13.1. The highest BCUT2D eigenvalue weighted by molar-refractivity contribution is 7.48. The number of rotatable bonds is 9. The molecule has 0 aromatic heterocycles. The lowest BCUT2D eigenvalue weighted by Gasteiger charge is -2.14. The minimum absolute atomic E-state index is 0.189. The molecule has 0 saturated carbocycles. The van der Waals surface area contributed by atoms with Crippen molar-refractivity contribution in [3.05, 3.63) is 0 Å². The smallest absolute Gasteiger partial charge is 0.303 e. The third-order valence-electron chi connectivity index (χ3n) is 1.65. The minimum atomic E-state index is -4.64. The number of nitrogens with two attached hydrogens (primary N) is 1. The van der Waals surface area contributed by atoms with E-state index in [9.17, 15) is 9.36 Å². The number of carbonyl (C=O) groups is 1. The first-order valence-corrected chi connectivity index (χ1v) is 8.68. The van der Waals surface area contributed by atoms with E-state index >= 15 is 0 Å². The number of hydrogen-bond donors (Lipinski definition) is 4. The highest BCUT2D eigenvalue weighted by atomic mass is 31.2. The number of Topliss-reactive ketones (excluding diaryl/α,β-unsaturated/α-hetero) is 1. The summed E-state index contributed by atoms with van der Waals surface area (Å²) >= 11 is 0.